The van der Waals surface area contributed by atoms with Crippen LogP contribution in [0.1, 0.15) is 28.6 Å². The highest BCUT2D eigenvalue weighted by molar-refractivity contribution is 7.20. The van der Waals surface area contributed by atoms with Crippen molar-refractivity contribution in [2.24, 2.45) is 7.05 Å². The number of amides is 1. The molecule has 0 aliphatic rings. The van der Waals surface area contributed by atoms with Gasteiger partial charge in [-0.1, -0.05) is 25.0 Å². The van der Waals surface area contributed by atoms with Crippen LogP contribution in [-0.2, 0) is 20.1 Å². The summed E-state index contributed by atoms with van der Waals surface area (Å²) in [5.74, 6) is 6.07. The summed E-state index contributed by atoms with van der Waals surface area (Å²) < 4.78 is 7.66. The molecule has 2 heterocycles. The van der Waals surface area contributed by atoms with Crippen LogP contribution in [0.2, 0.25) is 0 Å². The second-order valence-electron chi connectivity index (χ2n) is 6.30. The zero-order chi connectivity index (χ0) is 21.0. The van der Waals surface area contributed by atoms with Gasteiger partial charge in [0, 0.05) is 20.0 Å². The molecule has 0 saturated carbocycles. The number of benzene rings is 1. The summed E-state index contributed by atoms with van der Waals surface area (Å²) in [6.45, 7) is 2.24. The number of thiophene rings is 1. The highest BCUT2D eigenvalue weighted by atomic mass is 32.1. The largest absolute Gasteiger partial charge is 0.497 e. The van der Waals surface area contributed by atoms with Crippen LogP contribution in [0.15, 0.2) is 39.9 Å². The first-order chi connectivity index (χ1) is 14.0. The summed E-state index contributed by atoms with van der Waals surface area (Å²) in [5.41, 5.74) is 0.0118. The van der Waals surface area contributed by atoms with Gasteiger partial charge in [-0.25, -0.2) is 9.36 Å². The van der Waals surface area contributed by atoms with Gasteiger partial charge in [0.25, 0.3) is 11.5 Å². The van der Waals surface area contributed by atoms with E-state index in [4.69, 9.17) is 4.74 Å². The van der Waals surface area contributed by atoms with Gasteiger partial charge < -0.3 is 10.1 Å². The molecule has 0 saturated heterocycles. The van der Waals surface area contributed by atoms with Crippen LogP contribution in [0.4, 0.5) is 0 Å². The summed E-state index contributed by atoms with van der Waals surface area (Å²) in [5, 5.41) is 3.17. The number of fused-ring (bicyclic) bond motifs is 1. The topological polar surface area (TPSA) is 82.3 Å². The molecule has 3 aromatic rings. The lowest BCUT2D eigenvalue weighted by Gasteiger charge is -2.05. The average Bonchev–Trinajstić information content (AvgIpc) is 3.19. The molecular formula is C21H21N3O4S. The van der Waals surface area contributed by atoms with E-state index >= 15 is 0 Å². The molecule has 1 aromatic carbocycles. The second-order valence-corrected chi connectivity index (χ2v) is 7.33. The Hall–Kier alpha value is -3.31. The van der Waals surface area contributed by atoms with Gasteiger partial charge in [0.2, 0.25) is 0 Å². The van der Waals surface area contributed by atoms with Gasteiger partial charge in [-0.2, -0.15) is 0 Å². The minimum Gasteiger partial charge on any atom is -0.497 e. The number of carbonyl (C=O) groups is 1. The van der Waals surface area contributed by atoms with E-state index in [-0.39, 0.29) is 12.5 Å². The molecule has 7 nitrogen and oxygen atoms in total. The van der Waals surface area contributed by atoms with Crippen LogP contribution in [0, 0.1) is 11.8 Å². The third-order valence-electron chi connectivity index (χ3n) is 4.36. The molecule has 0 fully saturated rings. The van der Waals surface area contributed by atoms with Crippen LogP contribution in [0.5, 0.6) is 5.75 Å². The number of nitrogens with zero attached hydrogens (tertiary/aromatic N) is 2. The van der Waals surface area contributed by atoms with Gasteiger partial charge >= 0.3 is 5.69 Å². The van der Waals surface area contributed by atoms with Crippen molar-refractivity contribution in [3.05, 3.63) is 61.6 Å². The standard InChI is InChI=1S/C21H21N3O4S/c1-4-5-6-10-24-19(26)16-12-17(29-20(16)23(2)21(24)27)18(25)22-13-14-8-7-9-15(11-14)28-3/h7-9,11-12H,4,10,13H2,1-3H3,(H,22,25). The first-order valence-electron chi connectivity index (χ1n) is 9.06. The molecule has 0 spiro atoms. The molecule has 150 valence electrons. The van der Waals surface area contributed by atoms with Crippen molar-refractivity contribution in [2.45, 2.75) is 26.4 Å². The number of rotatable bonds is 5. The monoisotopic (exact) mass is 411 g/mol. The quantitative estimate of drug-likeness (QED) is 0.652. The lowest BCUT2D eigenvalue weighted by molar-refractivity contribution is 0.0955. The Bertz CT molecular complexity index is 1240. The minimum atomic E-state index is -0.446. The summed E-state index contributed by atoms with van der Waals surface area (Å²) in [6, 6.07) is 8.93. The van der Waals surface area contributed by atoms with E-state index in [0.29, 0.717) is 33.8 Å². The number of aryl methyl sites for hydroxylation is 1. The Morgan fingerprint density at radius 3 is 2.76 bits per heavy atom. The van der Waals surface area contributed by atoms with Crippen LogP contribution in [0.25, 0.3) is 10.2 Å². The molecule has 0 radical (unpaired) electrons. The van der Waals surface area contributed by atoms with Crippen molar-refractivity contribution in [2.75, 3.05) is 7.11 Å². The SMILES string of the molecule is CCC#CCn1c(=O)c2cc(C(=O)NCc3cccc(OC)c3)sc2n(C)c1=O. The van der Waals surface area contributed by atoms with Crippen LogP contribution in [0.3, 0.4) is 0 Å². The van der Waals surface area contributed by atoms with Gasteiger partial charge in [-0.3, -0.25) is 14.2 Å². The number of methoxy groups -OCH3 is 1. The number of hydrogen-bond acceptors (Lipinski definition) is 5. The van der Waals surface area contributed by atoms with E-state index in [0.717, 1.165) is 21.5 Å². The van der Waals surface area contributed by atoms with Gasteiger partial charge in [0.1, 0.15) is 10.6 Å². The maximum Gasteiger partial charge on any atom is 0.332 e. The Morgan fingerprint density at radius 1 is 1.24 bits per heavy atom. The van der Waals surface area contributed by atoms with Gasteiger partial charge in [-0.15, -0.1) is 17.3 Å². The highest BCUT2D eigenvalue weighted by Gasteiger charge is 2.17. The molecule has 0 aliphatic heterocycles. The Labute approximate surface area is 171 Å². The van der Waals surface area contributed by atoms with Crippen molar-refractivity contribution in [1.29, 1.82) is 0 Å². The summed E-state index contributed by atoms with van der Waals surface area (Å²) >= 11 is 1.12. The zero-order valence-electron chi connectivity index (χ0n) is 16.4. The third kappa shape index (κ3) is 4.25. The summed E-state index contributed by atoms with van der Waals surface area (Å²) in [7, 11) is 3.17. The number of hydrogen-bond donors (Lipinski definition) is 1. The maximum atomic E-state index is 12.7. The highest BCUT2D eigenvalue weighted by Crippen LogP contribution is 2.22. The normalized spacial score (nSPS) is 10.4. The predicted octanol–water partition coefficient (Wildman–Crippen LogP) is 2.11. The predicted molar refractivity (Wildman–Crippen MR) is 114 cm³/mol. The smallest absolute Gasteiger partial charge is 0.332 e. The molecule has 1 amide bonds. The molecule has 0 aliphatic carbocycles. The lowest BCUT2D eigenvalue weighted by Crippen LogP contribution is -2.38. The molecule has 8 heteroatoms. The molecule has 2 aromatic heterocycles. The van der Waals surface area contributed by atoms with Crippen molar-refractivity contribution in [1.82, 2.24) is 14.5 Å². The van der Waals surface area contributed by atoms with Gasteiger partial charge in [0.05, 0.1) is 23.9 Å². The molecule has 0 bridgehead atoms. The fraction of sp³-hybridized carbons (Fsp3) is 0.286. The fourth-order valence-electron chi connectivity index (χ4n) is 2.85. The summed E-state index contributed by atoms with van der Waals surface area (Å²) in [6.07, 6.45) is 0.646. The van der Waals surface area contributed by atoms with Crippen molar-refractivity contribution in [3.63, 3.8) is 0 Å². The number of aromatic nitrogens is 2. The number of nitrogens with one attached hydrogen (secondary N) is 1. The molecule has 1 N–H and O–H groups in total. The van der Waals surface area contributed by atoms with E-state index in [1.54, 1.807) is 14.2 Å². The zero-order valence-corrected chi connectivity index (χ0v) is 17.3. The Balaban J connectivity index is 1.89. The summed E-state index contributed by atoms with van der Waals surface area (Å²) in [4.78, 5) is 38.7. The van der Waals surface area contributed by atoms with Crippen molar-refractivity contribution >= 4 is 27.5 Å². The van der Waals surface area contributed by atoms with E-state index in [9.17, 15) is 14.4 Å². The van der Waals surface area contributed by atoms with E-state index in [2.05, 4.69) is 17.2 Å². The molecule has 0 unspecified atom stereocenters. The van der Waals surface area contributed by atoms with Gasteiger partial charge in [-0.05, 0) is 23.8 Å². The third-order valence-corrected chi connectivity index (χ3v) is 5.57. The van der Waals surface area contributed by atoms with Crippen molar-refractivity contribution < 1.29 is 9.53 Å². The first kappa shape index (κ1) is 20.4. The van der Waals surface area contributed by atoms with Gasteiger partial charge in [0.15, 0.2) is 0 Å². The Morgan fingerprint density at radius 2 is 2.03 bits per heavy atom. The molecule has 29 heavy (non-hydrogen) atoms. The number of ether oxygens (including phenoxy) is 1. The van der Waals surface area contributed by atoms with Crippen LogP contribution >= 0.6 is 11.3 Å². The van der Waals surface area contributed by atoms with Crippen molar-refractivity contribution in [3.8, 4) is 17.6 Å². The fourth-order valence-corrected chi connectivity index (χ4v) is 3.87. The maximum absolute atomic E-state index is 12.7. The number of carbonyl (C=O) groups excluding carboxylic acids is 1. The minimum absolute atomic E-state index is 0.0303. The van der Waals surface area contributed by atoms with E-state index in [1.165, 1.54) is 10.6 Å². The Kier molecular flexibility index (Phi) is 6.20. The van der Waals surface area contributed by atoms with Crippen LogP contribution < -0.4 is 21.3 Å². The lowest BCUT2D eigenvalue weighted by atomic mass is 10.2. The molecule has 3 rings (SSSR count). The second kappa shape index (κ2) is 8.80. The molecule has 0 atom stereocenters. The van der Waals surface area contributed by atoms with E-state index in [1.807, 2.05) is 31.2 Å². The van der Waals surface area contributed by atoms with E-state index < -0.39 is 11.2 Å². The first-order valence-corrected chi connectivity index (χ1v) is 9.88. The average molecular weight is 411 g/mol. The molecular weight excluding hydrogens is 390 g/mol. The van der Waals surface area contributed by atoms with Crippen LogP contribution in [-0.4, -0.2) is 22.2 Å².